The number of nitrogens with zero attached hydrogens (tertiary/aromatic N) is 2. The van der Waals surface area contributed by atoms with Gasteiger partial charge in [0.05, 0.1) is 19.0 Å². The highest BCUT2D eigenvalue weighted by atomic mass is 19.3. The Morgan fingerprint density at radius 3 is 2.61 bits per heavy atom. The average molecular weight is 431 g/mol. The average Bonchev–Trinajstić information content (AvgIpc) is 3.23. The van der Waals surface area contributed by atoms with E-state index in [2.05, 4.69) is 15.0 Å². The summed E-state index contributed by atoms with van der Waals surface area (Å²) in [5.74, 6) is -1.19. The molecule has 3 aromatic rings. The Hall–Kier alpha value is -3.03. The van der Waals surface area contributed by atoms with E-state index in [-0.39, 0.29) is 31.1 Å². The monoisotopic (exact) mass is 431 g/mol. The van der Waals surface area contributed by atoms with Crippen molar-refractivity contribution in [2.24, 2.45) is 0 Å². The minimum Gasteiger partial charge on any atom is -0.496 e. The molecule has 0 radical (unpaired) electrons. The van der Waals surface area contributed by atoms with Crippen LogP contribution in [0.4, 0.5) is 13.2 Å². The van der Waals surface area contributed by atoms with Gasteiger partial charge in [-0.1, -0.05) is 0 Å². The van der Waals surface area contributed by atoms with Crippen LogP contribution in [0.3, 0.4) is 0 Å². The molecule has 1 aromatic carbocycles. The minimum absolute atomic E-state index is 0.00104. The number of nitrogens with one attached hydrogen (secondary N) is 1. The maximum Gasteiger partial charge on any atom is 0.248 e. The summed E-state index contributed by atoms with van der Waals surface area (Å²) in [6.07, 6.45) is 3.88. The first-order valence-corrected chi connectivity index (χ1v) is 10.2. The summed E-state index contributed by atoms with van der Waals surface area (Å²) in [7, 11) is 1.55. The van der Waals surface area contributed by atoms with Crippen LogP contribution in [0.1, 0.15) is 48.7 Å². The molecular formula is C23H24F3N3O2. The van der Waals surface area contributed by atoms with Gasteiger partial charge in [-0.3, -0.25) is 4.98 Å². The summed E-state index contributed by atoms with van der Waals surface area (Å²) in [4.78, 5) is 11.7. The zero-order valence-corrected chi connectivity index (χ0v) is 17.4. The van der Waals surface area contributed by atoms with Crippen molar-refractivity contribution >= 4 is 0 Å². The van der Waals surface area contributed by atoms with E-state index < -0.39 is 11.7 Å². The molecule has 1 saturated carbocycles. The van der Waals surface area contributed by atoms with Gasteiger partial charge in [0.2, 0.25) is 5.92 Å². The van der Waals surface area contributed by atoms with Gasteiger partial charge >= 0.3 is 0 Å². The molecule has 4 rings (SSSR count). The number of rotatable bonds is 6. The van der Waals surface area contributed by atoms with Crippen LogP contribution < -0.4 is 9.47 Å². The Bertz CT molecular complexity index is 1060. The molecule has 164 valence electrons. The number of methoxy groups -OCH3 is 1. The van der Waals surface area contributed by atoms with Gasteiger partial charge < -0.3 is 14.5 Å². The Morgan fingerprint density at radius 2 is 1.90 bits per heavy atom. The number of aryl methyl sites for hydroxylation is 1. The van der Waals surface area contributed by atoms with Crippen LogP contribution >= 0.6 is 0 Å². The SMILES string of the molecule is COc1cc(OCc2ncc(C)cc2F)ccc1-c1cnc(C2CCC(F)(F)CC2)[nH]1. The number of halogens is 3. The molecule has 8 heteroatoms. The maximum atomic E-state index is 14.0. The molecule has 2 heterocycles. The second-order valence-electron chi connectivity index (χ2n) is 7.90. The number of pyridine rings is 1. The third-order valence-electron chi connectivity index (χ3n) is 5.59. The fourth-order valence-corrected chi connectivity index (χ4v) is 3.80. The van der Waals surface area contributed by atoms with Gasteiger partial charge in [0, 0.05) is 36.6 Å². The fourth-order valence-electron chi connectivity index (χ4n) is 3.80. The number of H-pyrrole nitrogens is 1. The van der Waals surface area contributed by atoms with Crippen molar-refractivity contribution in [1.29, 1.82) is 0 Å². The van der Waals surface area contributed by atoms with Gasteiger partial charge in [-0.2, -0.15) is 0 Å². The van der Waals surface area contributed by atoms with Crippen molar-refractivity contribution in [2.75, 3.05) is 7.11 Å². The van der Waals surface area contributed by atoms with E-state index in [0.717, 1.165) is 16.8 Å². The molecule has 5 nitrogen and oxygen atoms in total. The summed E-state index contributed by atoms with van der Waals surface area (Å²) in [6, 6.07) is 6.70. The summed E-state index contributed by atoms with van der Waals surface area (Å²) in [5, 5.41) is 0. The first-order valence-electron chi connectivity index (χ1n) is 10.2. The molecule has 31 heavy (non-hydrogen) atoms. The number of hydrogen-bond donors (Lipinski definition) is 1. The summed E-state index contributed by atoms with van der Waals surface area (Å²) < 4.78 is 52.0. The molecule has 0 saturated heterocycles. The van der Waals surface area contributed by atoms with Crippen LogP contribution in [-0.4, -0.2) is 28.0 Å². The van der Waals surface area contributed by atoms with E-state index in [0.29, 0.717) is 30.2 Å². The van der Waals surface area contributed by atoms with Gasteiger partial charge in [0.1, 0.15) is 35.4 Å². The first-order chi connectivity index (χ1) is 14.8. The molecule has 0 spiro atoms. The number of benzene rings is 1. The Balaban J connectivity index is 1.48. The molecule has 2 aromatic heterocycles. The van der Waals surface area contributed by atoms with E-state index >= 15 is 0 Å². The highest BCUT2D eigenvalue weighted by Gasteiger charge is 2.36. The molecule has 0 unspecified atom stereocenters. The largest absolute Gasteiger partial charge is 0.496 e. The van der Waals surface area contributed by atoms with E-state index in [4.69, 9.17) is 9.47 Å². The number of ether oxygens (including phenoxy) is 2. The van der Waals surface area contributed by atoms with E-state index in [1.54, 1.807) is 38.6 Å². The highest BCUT2D eigenvalue weighted by Crippen LogP contribution is 2.41. The van der Waals surface area contributed by atoms with Crippen molar-refractivity contribution in [3.63, 3.8) is 0 Å². The van der Waals surface area contributed by atoms with E-state index in [9.17, 15) is 13.2 Å². The summed E-state index contributed by atoms with van der Waals surface area (Å²) >= 11 is 0. The quantitative estimate of drug-likeness (QED) is 0.536. The van der Waals surface area contributed by atoms with Crippen molar-refractivity contribution in [2.45, 2.75) is 51.1 Å². The van der Waals surface area contributed by atoms with Crippen LogP contribution in [0.15, 0.2) is 36.7 Å². The molecule has 0 atom stereocenters. The summed E-state index contributed by atoms with van der Waals surface area (Å²) in [5.41, 5.74) is 2.48. The van der Waals surface area contributed by atoms with E-state index in [1.165, 1.54) is 6.07 Å². The van der Waals surface area contributed by atoms with Crippen LogP contribution in [-0.2, 0) is 6.61 Å². The molecule has 1 fully saturated rings. The lowest BCUT2D eigenvalue weighted by molar-refractivity contribution is -0.0387. The smallest absolute Gasteiger partial charge is 0.248 e. The Labute approximate surface area is 178 Å². The third kappa shape index (κ3) is 4.84. The Kier molecular flexibility index (Phi) is 5.89. The molecule has 1 aliphatic rings. The number of alkyl halides is 2. The third-order valence-corrected chi connectivity index (χ3v) is 5.59. The Morgan fingerprint density at radius 1 is 1.13 bits per heavy atom. The highest BCUT2D eigenvalue weighted by molar-refractivity contribution is 5.68. The van der Waals surface area contributed by atoms with Crippen molar-refractivity contribution in [1.82, 2.24) is 15.0 Å². The van der Waals surface area contributed by atoms with Crippen LogP contribution in [0, 0.1) is 12.7 Å². The van der Waals surface area contributed by atoms with Crippen molar-refractivity contribution in [3.8, 4) is 22.8 Å². The van der Waals surface area contributed by atoms with Gasteiger partial charge in [-0.05, 0) is 43.5 Å². The minimum atomic E-state index is -2.57. The number of hydrogen-bond acceptors (Lipinski definition) is 4. The van der Waals surface area contributed by atoms with Crippen LogP contribution in [0.25, 0.3) is 11.3 Å². The zero-order valence-electron chi connectivity index (χ0n) is 17.4. The molecule has 0 bridgehead atoms. The normalized spacial score (nSPS) is 16.3. The topological polar surface area (TPSA) is 60.0 Å². The first kappa shape index (κ1) is 21.2. The van der Waals surface area contributed by atoms with Crippen molar-refractivity contribution in [3.05, 3.63) is 59.6 Å². The summed E-state index contributed by atoms with van der Waals surface area (Å²) in [6.45, 7) is 1.77. The molecule has 0 amide bonds. The zero-order chi connectivity index (χ0) is 22.0. The molecular weight excluding hydrogens is 407 g/mol. The predicted molar refractivity (Wildman–Crippen MR) is 110 cm³/mol. The van der Waals surface area contributed by atoms with Gasteiger partial charge in [-0.15, -0.1) is 0 Å². The number of imidazole rings is 1. The van der Waals surface area contributed by atoms with Gasteiger partial charge in [0.15, 0.2) is 0 Å². The standard InChI is InChI=1S/C23H24F3N3O2/c1-14-9-18(24)20(27-11-14)13-31-16-3-4-17(21(10-16)30-2)19-12-28-22(29-19)15-5-7-23(25,26)8-6-15/h3-4,9-12,15H,5-8,13H2,1-2H3,(H,28,29). The molecule has 0 aliphatic heterocycles. The number of aromatic amines is 1. The maximum absolute atomic E-state index is 14.0. The van der Waals surface area contributed by atoms with Crippen LogP contribution in [0.5, 0.6) is 11.5 Å². The lowest BCUT2D eigenvalue weighted by Crippen LogP contribution is -2.24. The lowest BCUT2D eigenvalue weighted by Gasteiger charge is -2.26. The van der Waals surface area contributed by atoms with E-state index in [1.807, 2.05) is 6.07 Å². The van der Waals surface area contributed by atoms with Crippen LogP contribution in [0.2, 0.25) is 0 Å². The fraction of sp³-hybridized carbons (Fsp3) is 0.391. The number of aromatic nitrogens is 3. The lowest BCUT2D eigenvalue weighted by atomic mass is 9.86. The second-order valence-corrected chi connectivity index (χ2v) is 7.90. The van der Waals surface area contributed by atoms with Gasteiger partial charge in [0.25, 0.3) is 0 Å². The predicted octanol–water partition coefficient (Wildman–Crippen LogP) is 5.80. The van der Waals surface area contributed by atoms with Gasteiger partial charge in [-0.25, -0.2) is 18.2 Å². The molecule has 1 aliphatic carbocycles. The van der Waals surface area contributed by atoms with Crippen molar-refractivity contribution < 1.29 is 22.6 Å². The molecule has 1 N–H and O–H groups in total. The second kappa shape index (κ2) is 8.61.